The molecule has 74 valence electrons. The molecule has 0 aliphatic rings. The molecule has 0 fully saturated rings. The Hall–Kier alpha value is -1.01. The molecule has 0 bridgehead atoms. The van der Waals surface area contributed by atoms with Crippen molar-refractivity contribution in [2.75, 3.05) is 6.61 Å². The summed E-state index contributed by atoms with van der Waals surface area (Å²) in [6, 6.07) is 0. The zero-order chi connectivity index (χ0) is 10.3. The predicted molar refractivity (Wildman–Crippen MR) is 49.9 cm³/mol. The van der Waals surface area contributed by atoms with Crippen molar-refractivity contribution >= 4 is 5.97 Å². The van der Waals surface area contributed by atoms with E-state index in [2.05, 4.69) is 16.6 Å². The van der Waals surface area contributed by atoms with Crippen LogP contribution in [0.3, 0.4) is 0 Å². The molecule has 0 radical (unpaired) electrons. The Balaban J connectivity index is 3.87. The van der Waals surface area contributed by atoms with Gasteiger partial charge >= 0.3 is 5.97 Å². The summed E-state index contributed by atoms with van der Waals surface area (Å²) in [5.74, 6) is 4.45. The summed E-state index contributed by atoms with van der Waals surface area (Å²) in [7, 11) is 0. The van der Waals surface area contributed by atoms with Crippen molar-refractivity contribution in [3.63, 3.8) is 0 Å². The molecule has 0 heterocycles. The fraction of sp³-hybridized carbons (Fsp3) is 0.700. The van der Waals surface area contributed by atoms with Crippen LogP contribution >= 0.6 is 0 Å². The van der Waals surface area contributed by atoms with Crippen LogP contribution in [0.25, 0.3) is 0 Å². The van der Waals surface area contributed by atoms with Crippen LogP contribution in [0.2, 0.25) is 0 Å². The first-order chi connectivity index (χ1) is 6.06. The third-order valence-corrected chi connectivity index (χ3v) is 1.31. The highest BCUT2D eigenvalue weighted by Crippen LogP contribution is 2.02. The normalized spacial score (nSPS) is 11.8. The van der Waals surface area contributed by atoms with Gasteiger partial charge in [-0.3, -0.25) is 0 Å². The third kappa shape index (κ3) is 7.35. The second kappa shape index (κ2) is 6.50. The van der Waals surface area contributed by atoms with Crippen LogP contribution in [0.5, 0.6) is 0 Å². The number of ether oxygens (including phenoxy) is 1. The quantitative estimate of drug-likeness (QED) is 0.403. The van der Waals surface area contributed by atoms with E-state index in [0.717, 1.165) is 0 Å². The smallest absolute Gasteiger partial charge is 0.384 e. The molecule has 1 N–H and O–H groups in total. The largest absolute Gasteiger partial charge is 0.456 e. The van der Waals surface area contributed by atoms with E-state index in [-0.39, 0.29) is 0 Å². The SMILES string of the molecule is CCOC(=O)C#C[C@@H](O)CC(C)C. The molecule has 3 heteroatoms. The second-order valence-electron chi connectivity index (χ2n) is 3.14. The predicted octanol–water partition coefficient (Wildman–Crippen LogP) is 0.960. The fourth-order valence-electron chi connectivity index (χ4n) is 0.815. The summed E-state index contributed by atoms with van der Waals surface area (Å²) >= 11 is 0. The van der Waals surface area contributed by atoms with Crippen molar-refractivity contribution in [1.82, 2.24) is 0 Å². The molecule has 0 spiro atoms. The number of carbonyl (C=O) groups is 1. The Morgan fingerprint density at radius 1 is 1.54 bits per heavy atom. The van der Waals surface area contributed by atoms with Crippen molar-refractivity contribution in [2.24, 2.45) is 5.92 Å². The number of aliphatic hydroxyl groups excluding tert-OH is 1. The van der Waals surface area contributed by atoms with Gasteiger partial charge in [0.2, 0.25) is 0 Å². The number of rotatable bonds is 3. The Labute approximate surface area is 79.1 Å². The first kappa shape index (κ1) is 12.0. The number of aliphatic hydroxyl groups is 1. The van der Waals surface area contributed by atoms with E-state index in [4.69, 9.17) is 0 Å². The van der Waals surface area contributed by atoms with Gasteiger partial charge in [0, 0.05) is 5.92 Å². The Morgan fingerprint density at radius 3 is 2.62 bits per heavy atom. The molecular weight excluding hydrogens is 168 g/mol. The van der Waals surface area contributed by atoms with Crippen LogP contribution in [-0.2, 0) is 9.53 Å². The summed E-state index contributed by atoms with van der Waals surface area (Å²) < 4.78 is 4.57. The standard InChI is InChI=1S/C10H16O3/c1-4-13-10(12)6-5-9(11)7-8(2)3/h8-9,11H,4,7H2,1-3H3/t9-/m1/s1. The van der Waals surface area contributed by atoms with E-state index in [0.29, 0.717) is 18.9 Å². The van der Waals surface area contributed by atoms with E-state index in [9.17, 15) is 9.90 Å². The minimum absolute atomic E-state index is 0.313. The van der Waals surface area contributed by atoms with Crippen LogP contribution in [0, 0.1) is 17.8 Å². The lowest BCUT2D eigenvalue weighted by molar-refractivity contribution is -0.136. The van der Waals surface area contributed by atoms with Gasteiger partial charge in [-0.2, -0.15) is 0 Å². The molecule has 0 rings (SSSR count). The molecule has 0 aromatic heterocycles. The van der Waals surface area contributed by atoms with Crippen LogP contribution in [-0.4, -0.2) is 23.8 Å². The lowest BCUT2D eigenvalue weighted by Crippen LogP contribution is -2.08. The maximum atomic E-state index is 10.7. The van der Waals surface area contributed by atoms with Gasteiger partial charge in [0.05, 0.1) is 6.61 Å². The Bertz CT molecular complexity index is 210. The van der Waals surface area contributed by atoms with Gasteiger partial charge in [-0.25, -0.2) is 4.79 Å². The summed E-state index contributed by atoms with van der Waals surface area (Å²) in [6.07, 6.45) is -0.156. The Kier molecular flexibility index (Phi) is 5.99. The molecule has 1 atom stereocenters. The summed E-state index contributed by atoms with van der Waals surface area (Å²) in [5.41, 5.74) is 0. The van der Waals surface area contributed by atoms with Gasteiger partial charge in [-0.1, -0.05) is 19.8 Å². The number of hydrogen-bond donors (Lipinski definition) is 1. The van der Waals surface area contributed by atoms with E-state index in [1.807, 2.05) is 13.8 Å². The molecule has 3 nitrogen and oxygen atoms in total. The zero-order valence-corrected chi connectivity index (χ0v) is 8.33. The molecule has 0 unspecified atom stereocenters. The van der Waals surface area contributed by atoms with Crippen LogP contribution in [0.4, 0.5) is 0 Å². The second-order valence-corrected chi connectivity index (χ2v) is 3.14. The van der Waals surface area contributed by atoms with Gasteiger partial charge in [0.15, 0.2) is 0 Å². The van der Waals surface area contributed by atoms with E-state index >= 15 is 0 Å². The highest BCUT2D eigenvalue weighted by Gasteiger charge is 2.03. The molecular formula is C10H16O3. The first-order valence-electron chi connectivity index (χ1n) is 4.42. The van der Waals surface area contributed by atoms with Gasteiger partial charge < -0.3 is 9.84 Å². The van der Waals surface area contributed by atoms with Crippen molar-refractivity contribution in [1.29, 1.82) is 0 Å². The first-order valence-corrected chi connectivity index (χ1v) is 4.42. The minimum Gasteiger partial charge on any atom is -0.456 e. The van der Waals surface area contributed by atoms with Crippen LogP contribution in [0.15, 0.2) is 0 Å². The minimum atomic E-state index is -0.732. The molecule has 0 aliphatic heterocycles. The molecule has 0 aliphatic carbocycles. The summed E-state index contributed by atoms with van der Waals surface area (Å²) in [4.78, 5) is 10.7. The maximum Gasteiger partial charge on any atom is 0.384 e. The van der Waals surface area contributed by atoms with Crippen molar-refractivity contribution in [3.05, 3.63) is 0 Å². The number of esters is 1. The average molecular weight is 184 g/mol. The van der Waals surface area contributed by atoms with E-state index in [1.165, 1.54) is 0 Å². The fourth-order valence-corrected chi connectivity index (χ4v) is 0.815. The molecule has 0 aromatic carbocycles. The topological polar surface area (TPSA) is 46.5 Å². The van der Waals surface area contributed by atoms with E-state index in [1.54, 1.807) is 6.92 Å². The van der Waals surface area contributed by atoms with Gasteiger partial charge in [0.25, 0.3) is 0 Å². The van der Waals surface area contributed by atoms with E-state index < -0.39 is 12.1 Å². The number of carbonyl (C=O) groups excluding carboxylic acids is 1. The zero-order valence-electron chi connectivity index (χ0n) is 8.33. The highest BCUT2D eigenvalue weighted by molar-refractivity contribution is 5.88. The molecule has 0 saturated heterocycles. The van der Waals surface area contributed by atoms with Crippen molar-refractivity contribution < 1.29 is 14.6 Å². The molecule has 0 amide bonds. The van der Waals surface area contributed by atoms with Crippen molar-refractivity contribution in [3.8, 4) is 11.8 Å². The van der Waals surface area contributed by atoms with Crippen molar-refractivity contribution in [2.45, 2.75) is 33.3 Å². The highest BCUT2D eigenvalue weighted by atomic mass is 16.5. The van der Waals surface area contributed by atoms with Gasteiger partial charge in [-0.05, 0) is 19.3 Å². The maximum absolute atomic E-state index is 10.7. The van der Waals surface area contributed by atoms with Gasteiger partial charge in [-0.15, -0.1) is 0 Å². The molecule has 0 aromatic rings. The monoisotopic (exact) mass is 184 g/mol. The average Bonchev–Trinajstić information content (AvgIpc) is 2.00. The van der Waals surface area contributed by atoms with Crippen LogP contribution < -0.4 is 0 Å². The number of hydrogen-bond acceptors (Lipinski definition) is 3. The van der Waals surface area contributed by atoms with Gasteiger partial charge in [0.1, 0.15) is 6.10 Å². The molecule has 0 saturated carbocycles. The molecule has 13 heavy (non-hydrogen) atoms. The third-order valence-electron chi connectivity index (χ3n) is 1.31. The lowest BCUT2D eigenvalue weighted by Gasteiger charge is -2.04. The Morgan fingerprint density at radius 2 is 2.15 bits per heavy atom. The summed E-state index contributed by atoms with van der Waals surface area (Å²) in [6.45, 7) is 5.99. The van der Waals surface area contributed by atoms with Crippen LogP contribution in [0.1, 0.15) is 27.2 Å². The lowest BCUT2D eigenvalue weighted by atomic mass is 10.1. The summed E-state index contributed by atoms with van der Waals surface area (Å²) in [5, 5.41) is 9.26.